The van der Waals surface area contributed by atoms with Crippen LogP contribution >= 0.6 is 0 Å². The Hall–Kier alpha value is -4.34. The molecule has 4 bridgehead atoms. The highest BCUT2D eigenvalue weighted by molar-refractivity contribution is 5.52. The smallest absolute Gasteiger partial charge is 0.420 e. The molecule has 4 N–H and O–H groups in total. The highest BCUT2D eigenvalue weighted by atomic mass is 19.4. The van der Waals surface area contributed by atoms with Crippen LogP contribution in [-0.4, -0.2) is 0 Å². The fraction of sp³-hybridized carbons (Fsp3) is 0.333. The van der Waals surface area contributed by atoms with Gasteiger partial charge in [0.25, 0.3) is 0 Å². The van der Waals surface area contributed by atoms with Crippen molar-refractivity contribution >= 4 is 11.4 Å². The van der Waals surface area contributed by atoms with Crippen LogP contribution in [0.25, 0.3) is 0 Å². The summed E-state index contributed by atoms with van der Waals surface area (Å²) in [7, 11) is 0. The molecule has 4 fully saturated rings. The third kappa shape index (κ3) is 5.52. The van der Waals surface area contributed by atoms with E-state index >= 15 is 0 Å². The third-order valence-corrected chi connectivity index (χ3v) is 10.1. The predicted molar refractivity (Wildman–Crippen MR) is 163 cm³/mol. The van der Waals surface area contributed by atoms with Gasteiger partial charge in [-0.3, -0.25) is 0 Å². The van der Waals surface area contributed by atoms with Crippen molar-refractivity contribution in [1.29, 1.82) is 0 Å². The van der Waals surface area contributed by atoms with Crippen molar-refractivity contribution in [3.05, 3.63) is 107 Å². The number of nitrogens with two attached hydrogens (primary N) is 2. The topological polar surface area (TPSA) is 70.5 Å². The van der Waals surface area contributed by atoms with Crippen LogP contribution in [0, 0.1) is 11.8 Å². The number of nitrogen functional groups attached to an aromatic ring is 2. The van der Waals surface area contributed by atoms with Gasteiger partial charge in [0.1, 0.15) is 34.1 Å². The number of anilines is 2. The predicted octanol–water partition coefficient (Wildman–Crippen LogP) is 10.3. The molecule has 0 unspecified atom stereocenters. The van der Waals surface area contributed by atoms with Crippen LogP contribution in [0.3, 0.4) is 0 Å². The SMILES string of the molecule is Nc1ccc(Oc2ccc(C34CC5CC(C3)CC(c3ccc(Oc6ccc(N)cc6C(F)(F)F)cc3)(C5)C4)cc2)c(C(F)(F)F)c1. The highest BCUT2D eigenvalue weighted by Crippen LogP contribution is 2.66. The third-order valence-electron chi connectivity index (χ3n) is 10.1. The van der Waals surface area contributed by atoms with Crippen LogP contribution in [0.1, 0.15) is 60.8 Å². The Balaban J connectivity index is 1.13. The van der Waals surface area contributed by atoms with Crippen molar-refractivity contribution in [2.45, 2.75) is 61.7 Å². The van der Waals surface area contributed by atoms with E-state index in [0.717, 1.165) is 55.4 Å². The number of alkyl halides is 6. The monoisotopic (exact) mass is 638 g/mol. The summed E-state index contributed by atoms with van der Waals surface area (Å²) in [4.78, 5) is 0. The summed E-state index contributed by atoms with van der Waals surface area (Å²) in [6, 6.07) is 21.8. The highest BCUT2D eigenvalue weighted by Gasteiger charge is 2.58. The van der Waals surface area contributed by atoms with Gasteiger partial charge in [-0.05, 0) is 133 Å². The first-order valence-electron chi connectivity index (χ1n) is 15.2. The molecule has 4 aliphatic carbocycles. The van der Waals surface area contributed by atoms with Gasteiger partial charge in [0.05, 0.1) is 0 Å². The van der Waals surface area contributed by atoms with Crippen LogP contribution in [0.5, 0.6) is 23.0 Å². The van der Waals surface area contributed by atoms with E-state index in [9.17, 15) is 26.3 Å². The van der Waals surface area contributed by atoms with Gasteiger partial charge >= 0.3 is 12.4 Å². The summed E-state index contributed by atoms with van der Waals surface area (Å²) in [6.45, 7) is 0. The van der Waals surface area contributed by atoms with E-state index in [1.165, 1.54) is 30.7 Å². The zero-order valence-electron chi connectivity index (χ0n) is 24.7. The molecule has 8 rings (SSSR count). The molecule has 10 heteroatoms. The summed E-state index contributed by atoms with van der Waals surface area (Å²) >= 11 is 0. The van der Waals surface area contributed by atoms with Crippen LogP contribution < -0.4 is 20.9 Å². The van der Waals surface area contributed by atoms with Crippen LogP contribution in [0.2, 0.25) is 0 Å². The average molecular weight is 639 g/mol. The molecule has 0 aliphatic heterocycles. The second kappa shape index (κ2) is 10.6. The molecule has 240 valence electrons. The lowest BCUT2D eigenvalue weighted by atomic mass is 9.42. The Morgan fingerprint density at radius 2 is 0.913 bits per heavy atom. The Morgan fingerprint density at radius 3 is 1.26 bits per heavy atom. The first-order valence-corrected chi connectivity index (χ1v) is 15.2. The van der Waals surface area contributed by atoms with Gasteiger partial charge < -0.3 is 20.9 Å². The molecule has 4 aromatic rings. The lowest BCUT2D eigenvalue weighted by molar-refractivity contribution is -0.139. The maximum Gasteiger partial charge on any atom is 0.420 e. The second-order valence-corrected chi connectivity index (χ2v) is 13.3. The molecule has 0 saturated heterocycles. The molecule has 46 heavy (non-hydrogen) atoms. The molecule has 4 nitrogen and oxygen atoms in total. The number of hydrogen-bond acceptors (Lipinski definition) is 4. The molecular formula is C36H32F6N2O2. The first-order chi connectivity index (χ1) is 21.7. The second-order valence-electron chi connectivity index (χ2n) is 13.3. The summed E-state index contributed by atoms with van der Waals surface area (Å²) in [5, 5.41) is 0. The number of rotatable bonds is 6. The minimum absolute atomic E-state index is 0.00494. The van der Waals surface area contributed by atoms with Crippen molar-refractivity contribution in [2.24, 2.45) is 11.8 Å². The number of benzene rings is 4. The minimum atomic E-state index is -4.61. The number of ether oxygens (including phenoxy) is 2. The van der Waals surface area contributed by atoms with Crippen LogP contribution in [0.4, 0.5) is 37.7 Å². The van der Waals surface area contributed by atoms with E-state index in [0.29, 0.717) is 23.3 Å². The first kappa shape index (κ1) is 30.3. The zero-order chi connectivity index (χ0) is 32.5. The van der Waals surface area contributed by atoms with Gasteiger partial charge in [0.15, 0.2) is 0 Å². The molecule has 0 atom stereocenters. The Bertz CT molecular complexity index is 1620. The Morgan fingerprint density at radius 1 is 0.543 bits per heavy atom. The lowest BCUT2D eigenvalue weighted by Gasteiger charge is -2.62. The van der Waals surface area contributed by atoms with E-state index in [1.807, 2.05) is 24.3 Å². The van der Waals surface area contributed by atoms with E-state index in [2.05, 4.69) is 0 Å². The molecule has 0 heterocycles. The van der Waals surface area contributed by atoms with Gasteiger partial charge in [-0.15, -0.1) is 0 Å². The molecule has 4 aromatic carbocycles. The van der Waals surface area contributed by atoms with Gasteiger partial charge in [-0.2, -0.15) is 26.3 Å². The lowest BCUT2D eigenvalue weighted by Crippen LogP contribution is -2.55. The van der Waals surface area contributed by atoms with Crippen molar-refractivity contribution < 1.29 is 35.8 Å². The fourth-order valence-corrected chi connectivity index (χ4v) is 8.66. The minimum Gasteiger partial charge on any atom is -0.457 e. The Labute approximate surface area is 262 Å². The summed E-state index contributed by atoms with van der Waals surface area (Å²) in [5.74, 6) is 1.07. The molecule has 0 spiro atoms. The number of halogens is 6. The molecule has 0 aromatic heterocycles. The molecular weight excluding hydrogens is 606 g/mol. The maximum absolute atomic E-state index is 13.6. The van der Waals surface area contributed by atoms with Gasteiger partial charge in [-0.1, -0.05) is 24.3 Å². The summed E-state index contributed by atoms with van der Waals surface area (Å²) in [5.41, 5.74) is 11.5. The van der Waals surface area contributed by atoms with Gasteiger partial charge in [-0.25, -0.2) is 0 Å². The maximum atomic E-state index is 13.6. The van der Waals surface area contributed by atoms with E-state index in [-0.39, 0.29) is 33.7 Å². The normalized spacial score (nSPS) is 25.4. The van der Waals surface area contributed by atoms with E-state index in [1.54, 1.807) is 24.3 Å². The van der Waals surface area contributed by atoms with Crippen molar-refractivity contribution in [3.8, 4) is 23.0 Å². The number of hydrogen-bond donors (Lipinski definition) is 2. The molecule has 4 saturated carbocycles. The van der Waals surface area contributed by atoms with Gasteiger partial charge in [0.2, 0.25) is 0 Å². The summed E-state index contributed by atoms with van der Waals surface area (Å²) < 4.78 is 93.0. The molecule has 4 aliphatic rings. The van der Waals surface area contributed by atoms with Crippen molar-refractivity contribution in [3.63, 3.8) is 0 Å². The Kier molecular flexibility index (Phi) is 6.99. The summed E-state index contributed by atoms with van der Waals surface area (Å²) in [6.07, 6.45) is -2.96. The van der Waals surface area contributed by atoms with E-state index < -0.39 is 23.5 Å². The van der Waals surface area contributed by atoms with Gasteiger partial charge in [0, 0.05) is 11.4 Å². The van der Waals surface area contributed by atoms with Crippen LogP contribution in [-0.2, 0) is 23.2 Å². The van der Waals surface area contributed by atoms with Crippen molar-refractivity contribution in [2.75, 3.05) is 11.5 Å². The fourth-order valence-electron chi connectivity index (χ4n) is 8.66. The standard InChI is InChI=1S/C36H32F6N2O2/c37-35(38,39)29-14-25(43)5-11-31(29)45-27-7-1-23(2-8-27)33-16-21-13-22(17-33)19-34(18-21,20-33)24-3-9-28(10-4-24)46-32-12-6-26(44)15-30(32)36(40,41)42/h1-12,14-15,21-22H,13,16-20,43-44H2. The average Bonchev–Trinajstić information content (AvgIpc) is 2.98. The molecule has 0 amide bonds. The quantitative estimate of drug-likeness (QED) is 0.163. The van der Waals surface area contributed by atoms with Crippen LogP contribution in [0.15, 0.2) is 84.9 Å². The van der Waals surface area contributed by atoms with E-state index in [4.69, 9.17) is 20.9 Å². The van der Waals surface area contributed by atoms with Crippen molar-refractivity contribution in [1.82, 2.24) is 0 Å². The molecule has 0 radical (unpaired) electrons. The largest absolute Gasteiger partial charge is 0.457 e. The zero-order valence-corrected chi connectivity index (χ0v) is 24.7.